The molecular formula is C77H134O17P2. The van der Waals surface area contributed by atoms with Gasteiger partial charge in [0.15, 0.2) is 12.2 Å². The van der Waals surface area contributed by atoms with Gasteiger partial charge in [-0.3, -0.25) is 37.3 Å². The molecule has 0 aromatic carbocycles. The second-order valence-corrected chi connectivity index (χ2v) is 27.8. The van der Waals surface area contributed by atoms with Crippen LogP contribution in [0.5, 0.6) is 0 Å². The van der Waals surface area contributed by atoms with E-state index >= 15 is 0 Å². The molecule has 0 amide bonds. The van der Waals surface area contributed by atoms with Crippen LogP contribution in [0.1, 0.15) is 310 Å². The standard InChI is InChI=1S/C77H134O17P2/c1-5-9-13-17-21-25-29-32-33-34-35-36-37-40-43-46-50-54-58-62-75(80)88-68-73(94-77(82)64-60-56-52-48-44-39-31-27-23-19-15-11-7-3)70-92-96(85,86)90-66-71(78)65-89-95(83,84)91-69-72(93-76(81)63-59-55-51-47-41-28-24-20-16-12-8-4)67-87-74(79)61-57-53-49-45-42-38-30-26-22-18-14-10-6-2/h9,13,15,19-21,24-25,27,31-33,35-36,40,43,71-73,78H,5-8,10-12,14,16-18,22-23,26,28-30,34,37-39,41-42,44-70H2,1-4H3,(H,83,84)(H,85,86)/b13-9-,19-15-,24-20-,25-21-,31-27-,33-32-,36-35-,43-40-. The van der Waals surface area contributed by atoms with Crippen molar-refractivity contribution in [2.24, 2.45) is 0 Å². The number of rotatable bonds is 70. The number of carbonyl (C=O) groups is 4. The molecule has 0 aliphatic heterocycles. The fraction of sp³-hybridized carbons (Fsp3) is 0.740. The summed E-state index contributed by atoms with van der Waals surface area (Å²) in [7, 11) is -9.95. The van der Waals surface area contributed by atoms with Gasteiger partial charge in [0.1, 0.15) is 19.3 Å². The third-order valence-corrected chi connectivity index (χ3v) is 17.4. The highest BCUT2D eigenvalue weighted by Gasteiger charge is 2.30. The minimum atomic E-state index is -4.98. The molecule has 0 heterocycles. The van der Waals surface area contributed by atoms with Gasteiger partial charge in [0.2, 0.25) is 0 Å². The molecule has 0 aliphatic carbocycles. The highest BCUT2D eigenvalue weighted by Crippen LogP contribution is 2.45. The maximum absolute atomic E-state index is 13.1. The molecule has 0 fully saturated rings. The van der Waals surface area contributed by atoms with E-state index in [9.17, 15) is 43.2 Å². The number of phosphoric ester groups is 2. The lowest BCUT2D eigenvalue weighted by Crippen LogP contribution is -2.30. The van der Waals surface area contributed by atoms with Gasteiger partial charge in [-0.2, -0.15) is 0 Å². The van der Waals surface area contributed by atoms with Crippen molar-refractivity contribution in [3.05, 3.63) is 97.2 Å². The van der Waals surface area contributed by atoms with E-state index < -0.39 is 97.5 Å². The Labute approximate surface area is 582 Å². The molecule has 96 heavy (non-hydrogen) atoms. The number of hydrogen-bond donors (Lipinski definition) is 3. The van der Waals surface area contributed by atoms with Gasteiger partial charge in [-0.25, -0.2) is 9.13 Å². The largest absolute Gasteiger partial charge is 0.472 e. The summed E-state index contributed by atoms with van der Waals surface area (Å²) in [6, 6.07) is 0. The fourth-order valence-electron chi connectivity index (χ4n) is 9.79. The van der Waals surface area contributed by atoms with Crippen LogP contribution in [0.4, 0.5) is 0 Å². The minimum Gasteiger partial charge on any atom is -0.462 e. The zero-order valence-corrected chi connectivity index (χ0v) is 62.1. The van der Waals surface area contributed by atoms with Crippen molar-refractivity contribution in [3.63, 3.8) is 0 Å². The summed E-state index contributed by atoms with van der Waals surface area (Å²) in [5.74, 6) is -2.23. The Balaban J connectivity index is 5.34. The lowest BCUT2D eigenvalue weighted by molar-refractivity contribution is -0.161. The Bertz CT molecular complexity index is 2200. The van der Waals surface area contributed by atoms with E-state index in [2.05, 4.69) is 125 Å². The van der Waals surface area contributed by atoms with E-state index in [4.69, 9.17) is 37.0 Å². The number of carbonyl (C=O) groups excluding carboxylic acids is 4. The normalized spacial score (nSPS) is 14.5. The number of esters is 4. The van der Waals surface area contributed by atoms with Crippen LogP contribution in [0, 0.1) is 0 Å². The highest BCUT2D eigenvalue weighted by atomic mass is 31.2. The van der Waals surface area contributed by atoms with E-state index in [-0.39, 0.29) is 25.7 Å². The van der Waals surface area contributed by atoms with E-state index in [0.29, 0.717) is 25.7 Å². The van der Waals surface area contributed by atoms with Gasteiger partial charge in [0.05, 0.1) is 26.4 Å². The predicted octanol–water partition coefficient (Wildman–Crippen LogP) is 21.2. The third-order valence-electron chi connectivity index (χ3n) is 15.5. The van der Waals surface area contributed by atoms with Gasteiger partial charge in [-0.1, -0.05) is 266 Å². The van der Waals surface area contributed by atoms with Gasteiger partial charge < -0.3 is 33.8 Å². The Morgan fingerprint density at radius 2 is 0.573 bits per heavy atom. The van der Waals surface area contributed by atoms with E-state index in [1.54, 1.807) is 0 Å². The molecule has 0 rings (SSSR count). The molecule has 0 radical (unpaired) electrons. The topological polar surface area (TPSA) is 237 Å². The van der Waals surface area contributed by atoms with Crippen molar-refractivity contribution in [2.75, 3.05) is 39.6 Å². The molecule has 0 aromatic rings. The maximum atomic E-state index is 13.1. The number of ether oxygens (including phenoxy) is 4. The van der Waals surface area contributed by atoms with Gasteiger partial charge in [0, 0.05) is 25.7 Å². The Kier molecular flexibility index (Phi) is 66.6. The summed E-state index contributed by atoms with van der Waals surface area (Å²) in [5, 5.41) is 10.6. The smallest absolute Gasteiger partial charge is 0.462 e. The Hall–Kier alpha value is -4.02. The first-order chi connectivity index (χ1) is 46.7. The average Bonchev–Trinajstić information content (AvgIpc) is 1.17. The van der Waals surface area contributed by atoms with Gasteiger partial charge >= 0.3 is 39.5 Å². The van der Waals surface area contributed by atoms with Crippen LogP contribution in [0.25, 0.3) is 0 Å². The molecule has 0 aromatic heterocycles. The van der Waals surface area contributed by atoms with Crippen LogP contribution < -0.4 is 0 Å². The Morgan fingerprint density at radius 1 is 0.302 bits per heavy atom. The average molecular weight is 1390 g/mol. The number of aliphatic hydroxyl groups is 1. The maximum Gasteiger partial charge on any atom is 0.472 e. The molecule has 0 aliphatic rings. The molecule has 17 nitrogen and oxygen atoms in total. The zero-order valence-electron chi connectivity index (χ0n) is 60.3. The second-order valence-electron chi connectivity index (χ2n) is 24.9. The molecular weight excluding hydrogens is 1260 g/mol. The first-order valence-corrected chi connectivity index (χ1v) is 40.5. The van der Waals surface area contributed by atoms with Crippen molar-refractivity contribution in [1.29, 1.82) is 0 Å². The highest BCUT2D eigenvalue weighted by molar-refractivity contribution is 7.47. The van der Waals surface area contributed by atoms with Crippen molar-refractivity contribution in [2.45, 2.75) is 329 Å². The number of unbranched alkanes of at least 4 members (excludes halogenated alkanes) is 28. The van der Waals surface area contributed by atoms with Crippen LogP contribution in [0.15, 0.2) is 97.2 Å². The minimum absolute atomic E-state index is 0.0705. The van der Waals surface area contributed by atoms with Gasteiger partial charge in [0.25, 0.3) is 0 Å². The first kappa shape index (κ1) is 92.0. The van der Waals surface area contributed by atoms with Crippen molar-refractivity contribution in [3.8, 4) is 0 Å². The summed E-state index contributed by atoms with van der Waals surface area (Å²) in [6.45, 7) is 4.60. The number of hydrogen-bond acceptors (Lipinski definition) is 15. The summed E-state index contributed by atoms with van der Waals surface area (Å²) in [5.41, 5.74) is 0. The molecule has 0 bridgehead atoms. The molecule has 19 heteroatoms. The summed E-state index contributed by atoms with van der Waals surface area (Å²) >= 11 is 0. The zero-order chi connectivity index (χ0) is 70.4. The lowest BCUT2D eigenvalue weighted by atomic mass is 10.0. The molecule has 0 saturated carbocycles. The summed E-state index contributed by atoms with van der Waals surface area (Å²) in [6.07, 6.45) is 71.2. The predicted molar refractivity (Wildman–Crippen MR) is 390 cm³/mol. The lowest BCUT2D eigenvalue weighted by Gasteiger charge is -2.21. The molecule has 3 N–H and O–H groups in total. The van der Waals surface area contributed by atoms with E-state index in [1.807, 2.05) is 0 Å². The summed E-state index contributed by atoms with van der Waals surface area (Å²) in [4.78, 5) is 72.7. The van der Waals surface area contributed by atoms with Crippen LogP contribution in [-0.2, 0) is 65.4 Å². The van der Waals surface area contributed by atoms with Crippen molar-refractivity contribution in [1.82, 2.24) is 0 Å². The van der Waals surface area contributed by atoms with Crippen molar-refractivity contribution < 1.29 is 80.2 Å². The number of phosphoric acid groups is 2. The molecule has 5 unspecified atom stereocenters. The second kappa shape index (κ2) is 69.5. The van der Waals surface area contributed by atoms with Crippen LogP contribution >= 0.6 is 15.6 Å². The number of allylic oxidation sites excluding steroid dienone is 16. The van der Waals surface area contributed by atoms with E-state index in [0.717, 1.165) is 161 Å². The first-order valence-electron chi connectivity index (χ1n) is 37.5. The van der Waals surface area contributed by atoms with Crippen LogP contribution in [-0.4, -0.2) is 96.7 Å². The monoisotopic (exact) mass is 1390 g/mol. The van der Waals surface area contributed by atoms with Crippen LogP contribution in [0.2, 0.25) is 0 Å². The molecule has 5 atom stereocenters. The molecule has 0 saturated heterocycles. The molecule has 554 valence electrons. The van der Waals surface area contributed by atoms with Crippen LogP contribution in [0.3, 0.4) is 0 Å². The summed E-state index contributed by atoms with van der Waals surface area (Å²) < 4.78 is 68.3. The SMILES string of the molecule is CC/C=C\C/C=C\C/C=C\C/C=C\C/C=C\CCCCCC(=O)OCC(COP(=O)(O)OCC(O)COP(=O)(O)OCC(COC(=O)CCCCCCCCCCCCCCC)OC(=O)CCCCCCC/C=C\CCCC)OC(=O)CCCCCCC/C=C\C/C=C\CCC. The van der Waals surface area contributed by atoms with E-state index in [1.165, 1.54) is 70.6 Å². The third kappa shape index (κ3) is 68.5. The van der Waals surface area contributed by atoms with Crippen molar-refractivity contribution >= 4 is 39.5 Å². The van der Waals surface area contributed by atoms with Gasteiger partial charge in [-0.05, 0) is 116 Å². The molecule has 0 spiro atoms. The Morgan fingerprint density at radius 3 is 0.927 bits per heavy atom. The fourth-order valence-corrected chi connectivity index (χ4v) is 11.4. The number of aliphatic hydroxyl groups excluding tert-OH is 1. The van der Waals surface area contributed by atoms with Gasteiger partial charge in [-0.15, -0.1) is 0 Å². The quantitative estimate of drug-likeness (QED) is 0.0169.